The monoisotopic (exact) mass is 582 g/mol. The van der Waals surface area contributed by atoms with E-state index in [1.54, 1.807) is 18.0 Å². The van der Waals surface area contributed by atoms with Gasteiger partial charge >= 0.3 is 0 Å². The fraction of sp³-hybridized carbons (Fsp3) is 0.444. The molecule has 12 heteroatoms. The van der Waals surface area contributed by atoms with Gasteiger partial charge in [-0.25, -0.2) is 9.40 Å². The lowest BCUT2D eigenvalue weighted by Crippen LogP contribution is -2.47. The number of fused-ring (bicyclic) bond motifs is 2. The zero-order chi connectivity index (χ0) is 26.7. The lowest BCUT2D eigenvalue weighted by Gasteiger charge is -2.28. The fourth-order valence-electron chi connectivity index (χ4n) is 4.53. The Hall–Kier alpha value is -2.76. The molecule has 39 heavy (non-hydrogen) atoms. The Morgan fingerprint density at radius 2 is 1.77 bits per heavy atom. The summed E-state index contributed by atoms with van der Waals surface area (Å²) in [6.07, 6.45) is 0. The van der Waals surface area contributed by atoms with E-state index in [0.29, 0.717) is 37.8 Å². The third-order valence-electron chi connectivity index (χ3n) is 6.66. The number of amides is 2. The summed E-state index contributed by atoms with van der Waals surface area (Å²) >= 11 is 0. The lowest BCUT2D eigenvalue weighted by atomic mass is 10.1. The Bertz CT molecular complexity index is 1300. The molecule has 0 atom stereocenters. The largest absolute Gasteiger partial charge is 0.356 e. The minimum atomic E-state index is -0.281. The van der Waals surface area contributed by atoms with Gasteiger partial charge in [-0.15, -0.1) is 24.8 Å². The number of carbonyl (C=O) groups is 2. The van der Waals surface area contributed by atoms with E-state index >= 15 is 0 Å². The lowest BCUT2D eigenvalue weighted by molar-refractivity contribution is -0.145. The third-order valence-corrected chi connectivity index (χ3v) is 6.66. The zero-order valence-corrected chi connectivity index (χ0v) is 24.5. The number of hydrogen-bond donors (Lipinski definition) is 2. The standard InChI is InChI=1S/C27H35FN6O3.2ClH/c1-17(2)30-8-9-34(24-12-23-19(4)31-37-25(23)10-18(24)3)27(36)14-29-13-26(35)32(5)33-15-20-6-7-22(28)11-21(20)16-33;;/h6-7,10-12,17,29-30H,8-9,13-16H2,1-5H3;2*1H. The van der Waals surface area contributed by atoms with Crippen molar-refractivity contribution >= 4 is 53.3 Å². The van der Waals surface area contributed by atoms with Gasteiger partial charge in [-0.1, -0.05) is 25.1 Å². The number of benzene rings is 2. The first-order chi connectivity index (χ1) is 17.6. The highest BCUT2D eigenvalue weighted by molar-refractivity contribution is 5.98. The van der Waals surface area contributed by atoms with Gasteiger partial charge in [0.25, 0.3) is 5.91 Å². The molecule has 4 rings (SSSR count). The molecule has 2 N–H and O–H groups in total. The second-order valence-corrected chi connectivity index (χ2v) is 9.81. The van der Waals surface area contributed by atoms with Gasteiger partial charge in [0.2, 0.25) is 5.91 Å². The van der Waals surface area contributed by atoms with Crippen LogP contribution in [0.3, 0.4) is 0 Å². The van der Waals surface area contributed by atoms with Crippen LogP contribution in [0, 0.1) is 19.7 Å². The highest BCUT2D eigenvalue weighted by Crippen LogP contribution is 2.29. The van der Waals surface area contributed by atoms with Gasteiger partial charge in [0, 0.05) is 50.3 Å². The predicted molar refractivity (Wildman–Crippen MR) is 155 cm³/mol. The molecule has 0 aliphatic carbocycles. The van der Waals surface area contributed by atoms with E-state index < -0.39 is 0 Å². The van der Waals surface area contributed by atoms with Crippen LogP contribution in [0.2, 0.25) is 0 Å². The number of likely N-dealkylation sites (N-methyl/N-ethyl adjacent to an activating group) is 1. The number of hydrazine groups is 1. The normalized spacial score (nSPS) is 12.7. The van der Waals surface area contributed by atoms with Crippen molar-refractivity contribution in [2.24, 2.45) is 0 Å². The van der Waals surface area contributed by atoms with Crippen molar-refractivity contribution in [1.82, 2.24) is 25.8 Å². The van der Waals surface area contributed by atoms with Crippen LogP contribution in [0.25, 0.3) is 11.0 Å². The van der Waals surface area contributed by atoms with Gasteiger partial charge in [-0.05, 0) is 54.8 Å². The van der Waals surface area contributed by atoms with Crippen molar-refractivity contribution in [2.75, 3.05) is 38.1 Å². The van der Waals surface area contributed by atoms with E-state index in [1.807, 2.05) is 31.0 Å². The van der Waals surface area contributed by atoms with Crippen LogP contribution in [-0.2, 0) is 22.7 Å². The topological polar surface area (TPSA) is 93.9 Å². The third kappa shape index (κ3) is 7.67. The number of aromatic nitrogens is 1. The first-order valence-corrected chi connectivity index (χ1v) is 12.5. The molecule has 0 spiro atoms. The molecule has 0 unspecified atom stereocenters. The molecular weight excluding hydrogens is 546 g/mol. The summed E-state index contributed by atoms with van der Waals surface area (Å²) in [6.45, 7) is 10.0. The summed E-state index contributed by atoms with van der Waals surface area (Å²) in [5.74, 6) is -0.593. The number of rotatable bonds is 10. The first-order valence-electron chi connectivity index (χ1n) is 12.5. The predicted octanol–water partition coefficient (Wildman–Crippen LogP) is 3.74. The molecule has 9 nitrogen and oxygen atoms in total. The number of aryl methyl sites for hydroxylation is 2. The molecule has 2 aromatic carbocycles. The molecule has 2 amide bonds. The van der Waals surface area contributed by atoms with Crippen molar-refractivity contribution in [3.8, 4) is 0 Å². The SMILES string of the molecule is Cc1cc2onc(C)c2cc1N(CCNC(C)C)C(=O)CNCC(=O)N(C)N1Cc2ccc(F)cc2C1.Cl.Cl. The minimum Gasteiger partial charge on any atom is -0.356 e. The summed E-state index contributed by atoms with van der Waals surface area (Å²) in [6, 6.07) is 8.82. The number of carbonyl (C=O) groups excluding carboxylic acids is 2. The quantitative estimate of drug-likeness (QED) is 0.376. The average molecular weight is 584 g/mol. The minimum absolute atomic E-state index is 0. The van der Waals surface area contributed by atoms with Crippen LogP contribution in [-0.4, -0.2) is 66.3 Å². The highest BCUT2D eigenvalue weighted by atomic mass is 35.5. The van der Waals surface area contributed by atoms with Gasteiger partial charge in [0.15, 0.2) is 5.58 Å². The Morgan fingerprint density at radius 1 is 1.08 bits per heavy atom. The fourth-order valence-corrected chi connectivity index (χ4v) is 4.53. The Kier molecular flexibility index (Phi) is 11.7. The zero-order valence-electron chi connectivity index (χ0n) is 22.9. The van der Waals surface area contributed by atoms with Crippen molar-refractivity contribution in [3.63, 3.8) is 0 Å². The van der Waals surface area contributed by atoms with Crippen molar-refractivity contribution < 1.29 is 18.5 Å². The molecular formula is C27H37Cl2FN6O3. The van der Waals surface area contributed by atoms with Crippen LogP contribution in [0.5, 0.6) is 0 Å². The average Bonchev–Trinajstić information content (AvgIpc) is 3.43. The van der Waals surface area contributed by atoms with Crippen LogP contribution < -0.4 is 15.5 Å². The van der Waals surface area contributed by atoms with Gasteiger partial charge < -0.3 is 14.7 Å². The maximum absolute atomic E-state index is 13.5. The Labute approximate surface area is 240 Å². The number of hydrogen-bond acceptors (Lipinski definition) is 7. The summed E-state index contributed by atoms with van der Waals surface area (Å²) < 4.78 is 18.9. The highest BCUT2D eigenvalue weighted by Gasteiger charge is 2.26. The smallest absolute Gasteiger partial charge is 0.250 e. The summed E-state index contributed by atoms with van der Waals surface area (Å²) in [5, 5.41) is 14.7. The van der Waals surface area contributed by atoms with Crippen molar-refractivity contribution in [3.05, 3.63) is 58.5 Å². The molecule has 3 aromatic rings. The number of nitrogens with one attached hydrogen (secondary N) is 2. The molecule has 0 bridgehead atoms. The summed E-state index contributed by atoms with van der Waals surface area (Å²) in [4.78, 5) is 27.9. The van der Waals surface area contributed by atoms with Crippen LogP contribution in [0.4, 0.5) is 10.1 Å². The van der Waals surface area contributed by atoms with E-state index in [1.165, 1.54) is 17.1 Å². The molecule has 1 aliphatic heterocycles. The van der Waals surface area contributed by atoms with E-state index in [0.717, 1.165) is 33.5 Å². The van der Waals surface area contributed by atoms with Gasteiger partial charge in [-0.3, -0.25) is 19.9 Å². The molecule has 214 valence electrons. The van der Waals surface area contributed by atoms with Crippen molar-refractivity contribution in [2.45, 2.75) is 46.8 Å². The molecule has 1 aromatic heterocycles. The van der Waals surface area contributed by atoms with Gasteiger partial charge in [0.05, 0.1) is 18.8 Å². The first kappa shape index (κ1) is 32.5. The Balaban J connectivity index is 0.00000267. The van der Waals surface area contributed by atoms with E-state index in [2.05, 4.69) is 29.6 Å². The number of anilines is 1. The molecule has 0 fully saturated rings. The summed E-state index contributed by atoms with van der Waals surface area (Å²) in [7, 11) is 1.69. The maximum Gasteiger partial charge on any atom is 0.250 e. The van der Waals surface area contributed by atoms with Crippen molar-refractivity contribution in [1.29, 1.82) is 0 Å². The molecule has 0 saturated heterocycles. The Morgan fingerprint density at radius 3 is 2.49 bits per heavy atom. The molecule has 1 aliphatic rings. The van der Waals surface area contributed by atoms with Crippen LogP contribution >= 0.6 is 24.8 Å². The van der Waals surface area contributed by atoms with E-state index in [4.69, 9.17) is 4.52 Å². The molecule has 0 radical (unpaired) electrons. The van der Waals surface area contributed by atoms with Crippen LogP contribution in [0.15, 0.2) is 34.9 Å². The second kappa shape index (κ2) is 14.0. The van der Waals surface area contributed by atoms with E-state index in [-0.39, 0.29) is 55.5 Å². The van der Waals surface area contributed by atoms with Gasteiger partial charge in [-0.2, -0.15) is 0 Å². The second-order valence-electron chi connectivity index (χ2n) is 9.81. The number of nitrogens with zero attached hydrogens (tertiary/aromatic N) is 4. The number of halogens is 3. The molecule has 0 saturated carbocycles. The molecule has 2 heterocycles. The van der Waals surface area contributed by atoms with Gasteiger partial charge in [0.1, 0.15) is 5.82 Å². The summed E-state index contributed by atoms with van der Waals surface area (Å²) in [5.41, 5.74) is 5.03. The van der Waals surface area contributed by atoms with Crippen LogP contribution in [0.1, 0.15) is 36.2 Å². The maximum atomic E-state index is 13.5. The van der Waals surface area contributed by atoms with E-state index in [9.17, 15) is 14.0 Å².